The van der Waals surface area contributed by atoms with Gasteiger partial charge in [-0.2, -0.15) is 0 Å². The zero-order valence-corrected chi connectivity index (χ0v) is 25.1. The fourth-order valence-electron chi connectivity index (χ4n) is 5.12. The minimum atomic E-state index is -0.220. The number of unbranched alkanes of at least 4 members (excludes halogenated alkanes) is 1. The summed E-state index contributed by atoms with van der Waals surface area (Å²) in [7, 11) is 0. The normalized spacial score (nSPS) is 15.6. The van der Waals surface area contributed by atoms with Crippen molar-refractivity contribution >= 4 is 35.6 Å². The van der Waals surface area contributed by atoms with Gasteiger partial charge in [-0.25, -0.2) is 4.99 Å². The standard InChI is InChI=1S/C32H40N4O4.ClH/c1-20-21(2)30-27(22(3)29(20)38)15-17-32(4,40-30)16-5-6-18-39-26-13-11-24(12-14-26)35-28(37)19-23-7-9-25(10-8-23)36-31(33)34;/h7-14,38H,5-6,15-19H2,1-4H3,(H,35,37)(H4,33,34,36);1H. The summed E-state index contributed by atoms with van der Waals surface area (Å²) in [5.74, 6) is 2.00. The molecule has 0 aliphatic carbocycles. The van der Waals surface area contributed by atoms with E-state index in [-0.39, 0.29) is 36.3 Å². The minimum Gasteiger partial charge on any atom is -0.507 e. The summed E-state index contributed by atoms with van der Waals surface area (Å²) >= 11 is 0. The van der Waals surface area contributed by atoms with Gasteiger partial charge in [0, 0.05) is 11.3 Å². The Morgan fingerprint density at radius 1 is 1.02 bits per heavy atom. The second-order valence-electron chi connectivity index (χ2n) is 10.8. The van der Waals surface area contributed by atoms with Crippen molar-refractivity contribution in [1.82, 2.24) is 0 Å². The van der Waals surface area contributed by atoms with Crippen molar-refractivity contribution in [3.8, 4) is 17.2 Å². The van der Waals surface area contributed by atoms with E-state index in [0.29, 0.717) is 23.7 Å². The van der Waals surface area contributed by atoms with Crippen LogP contribution >= 0.6 is 12.4 Å². The lowest BCUT2D eigenvalue weighted by atomic mass is 9.85. The smallest absolute Gasteiger partial charge is 0.228 e. The fourth-order valence-corrected chi connectivity index (χ4v) is 5.12. The number of halogens is 1. The molecule has 41 heavy (non-hydrogen) atoms. The van der Waals surface area contributed by atoms with Gasteiger partial charge in [-0.15, -0.1) is 12.4 Å². The number of fused-ring (bicyclic) bond motifs is 1. The van der Waals surface area contributed by atoms with Crippen molar-refractivity contribution < 1.29 is 19.4 Å². The van der Waals surface area contributed by atoms with E-state index in [4.69, 9.17) is 20.9 Å². The van der Waals surface area contributed by atoms with Gasteiger partial charge < -0.3 is 31.4 Å². The number of aliphatic imine (C=N–C) groups is 1. The van der Waals surface area contributed by atoms with E-state index in [2.05, 4.69) is 17.2 Å². The lowest BCUT2D eigenvalue weighted by molar-refractivity contribution is -0.115. The highest BCUT2D eigenvalue weighted by Gasteiger charge is 2.34. The first-order valence-electron chi connectivity index (χ1n) is 13.8. The summed E-state index contributed by atoms with van der Waals surface area (Å²) in [6.07, 6.45) is 4.93. The number of nitrogens with two attached hydrogens (primary N) is 2. The molecule has 0 saturated carbocycles. The number of hydrogen-bond acceptors (Lipinski definition) is 5. The Morgan fingerprint density at radius 2 is 1.71 bits per heavy atom. The van der Waals surface area contributed by atoms with Crippen LogP contribution in [0.5, 0.6) is 17.2 Å². The van der Waals surface area contributed by atoms with Crippen molar-refractivity contribution in [3.63, 3.8) is 0 Å². The van der Waals surface area contributed by atoms with E-state index in [1.807, 2.05) is 57.2 Å². The summed E-state index contributed by atoms with van der Waals surface area (Å²) in [4.78, 5) is 16.4. The Labute approximate surface area is 248 Å². The first kappa shape index (κ1) is 31.6. The van der Waals surface area contributed by atoms with Crippen LogP contribution in [0.15, 0.2) is 53.5 Å². The van der Waals surface area contributed by atoms with Crippen LogP contribution in [0, 0.1) is 20.8 Å². The molecular formula is C32H41ClN4O4. The van der Waals surface area contributed by atoms with Crippen LogP contribution < -0.4 is 26.3 Å². The van der Waals surface area contributed by atoms with Crippen LogP contribution in [0.2, 0.25) is 0 Å². The largest absolute Gasteiger partial charge is 0.507 e. The predicted molar refractivity (Wildman–Crippen MR) is 167 cm³/mol. The SMILES string of the molecule is Cc1c(C)c2c(c(C)c1O)CCC(C)(CCCCOc1ccc(NC(=O)Cc3ccc(N=C(N)N)cc3)cc1)O2.Cl. The maximum Gasteiger partial charge on any atom is 0.228 e. The molecule has 1 aliphatic rings. The quantitative estimate of drug-likeness (QED) is 0.129. The average Bonchev–Trinajstić information content (AvgIpc) is 2.92. The van der Waals surface area contributed by atoms with Crippen molar-refractivity contribution in [2.75, 3.05) is 11.9 Å². The number of aromatic hydroxyl groups is 1. The number of phenolic OH excluding ortho intramolecular Hbond substituents is 1. The van der Waals surface area contributed by atoms with Gasteiger partial charge in [-0.1, -0.05) is 12.1 Å². The monoisotopic (exact) mass is 580 g/mol. The predicted octanol–water partition coefficient (Wildman–Crippen LogP) is 6.16. The Hall–Kier alpha value is -3.91. The summed E-state index contributed by atoms with van der Waals surface area (Å²) in [5.41, 5.74) is 16.8. The maximum atomic E-state index is 12.4. The Morgan fingerprint density at radius 3 is 2.37 bits per heavy atom. The van der Waals surface area contributed by atoms with Crippen molar-refractivity contribution in [1.29, 1.82) is 0 Å². The summed E-state index contributed by atoms with van der Waals surface area (Å²) in [6, 6.07) is 14.6. The second kappa shape index (κ2) is 13.6. The first-order chi connectivity index (χ1) is 19.0. The van der Waals surface area contributed by atoms with Crippen LogP contribution in [-0.2, 0) is 17.6 Å². The van der Waals surface area contributed by atoms with E-state index in [1.54, 1.807) is 12.1 Å². The molecule has 0 radical (unpaired) electrons. The van der Waals surface area contributed by atoms with Crippen LogP contribution in [0.25, 0.3) is 0 Å². The molecule has 0 bridgehead atoms. The topological polar surface area (TPSA) is 132 Å². The van der Waals surface area contributed by atoms with Gasteiger partial charge in [-0.3, -0.25) is 4.79 Å². The van der Waals surface area contributed by atoms with Gasteiger partial charge in [0.1, 0.15) is 22.8 Å². The molecule has 9 heteroatoms. The van der Waals surface area contributed by atoms with Gasteiger partial charge in [0.05, 0.1) is 18.7 Å². The highest BCUT2D eigenvalue weighted by atomic mass is 35.5. The zero-order valence-electron chi connectivity index (χ0n) is 24.3. The fraction of sp³-hybridized carbons (Fsp3) is 0.375. The van der Waals surface area contributed by atoms with Gasteiger partial charge >= 0.3 is 0 Å². The summed E-state index contributed by atoms with van der Waals surface area (Å²) < 4.78 is 12.5. The first-order valence-corrected chi connectivity index (χ1v) is 13.8. The van der Waals surface area contributed by atoms with Gasteiger partial charge in [0.25, 0.3) is 0 Å². The molecule has 1 atom stereocenters. The molecule has 1 unspecified atom stereocenters. The Balaban J connectivity index is 0.00000462. The molecule has 1 heterocycles. The van der Waals surface area contributed by atoms with Crippen LogP contribution in [0.1, 0.15) is 60.4 Å². The van der Waals surface area contributed by atoms with Gasteiger partial charge in [-0.05, 0) is 118 Å². The average molecular weight is 581 g/mol. The number of amides is 1. The summed E-state index contributed by atoms with van der Waals surface area (Å²) in [5, 5.41) is 13.3. The maximum absolute atomic E-state index is 12.4. The third kappa shape index (κ3) is 8.07. The number of nitrogens with zero attached hydrogens (tertiary/aromatic N) is 1. The third-order valence-corrected chi connectivity index (χ3v) is 7.66. The molecule has 0 fully saturated rings. The highest BCUT2D eigenvalue weighted by molar-refractivity contribution is 5.92. The molecule has 3 aromatic rings. The molecule has 220 valence electrons. The molecule has 8 nitrogen and oxygen atoms in total. The number of carbonyl (C=O) groups is 1. The van der Waals surface area contributed by atoms with E-state index >= 15 is 0 Å². The number of benzene rings is 3. The molecule has 1 amide bonds. The molecule has 3 aromatic carbocycles. The molecule has 1 aliphatic heterocycles. The van der Waals surface area contributed by atoms with E-state index in [1.165, 1.54) is 0 Å². The van der Waals surface area contributed by atoms with Crippen LogP contribution in [0.3, 0.4) is 0 Å². The lowest BCUT2D eigenvalue weighted by Crippen LogP contribution is -2.37. The number of phenols is 1. The molecule has 4 rings (SSSR count). The number of ether oxygens (including phenoxy) is 2. The summed E-state index contributed by atoms with van der Waals surface area (Å²) in [6.45, 7) is 8.74. The molecule has 0 saturated heterocycles. The number of carbonyl (C=O) groups excluding carboxylic acids is 1. The van der Waals surface area contributed by atoms with Crippen molar-refractivity contribution in [3.05, 3.63) is 76.3 Å². The van der Waals surface area contributed by atoms with Gasteiger partial charge in [0.2, 0.25) is 5.91 Å². The van der Waals surface area contributed by atoms with E-state index < -0.39 is 0 Å². The number of hydrogen-bond donors (Lipinski definition) is 4. The molecule has 0 spiro atoms. The second-order valence-corrected chi connectivity index (χ2v) is 10.8. The molecule has 0 aromatic heterocycles. The Kier molecular flexibility index (Phi) is 10.5. The van der Waals surface area contributed by atoms with E-state index in [0.717, 1.165) is 71.4 Å². The minimum absolute atomic E-state index is 0. The van der Waals surface area contributed by atoms with Crippen molar-refractivity contribution in [2.45, 2.75) is 71.8 Å². The van der Waals surface area contributed by atoms with Crippen LogP contribution in [0.4, 0.5) is 11.4 Å². The van der Waals surface area contributed by atoms with E-state index in [9.17, 15) is 9.90 Å². The van der Waals surface area contributed by atoms with Gasteiger partial charge in [0.15, 0.2) is 5.96 Å². The third-order valence-electron chi connectivity index (χ3n) is 7.66. The number of nitrogens with one attached hydrogen (secondary N) is 1. The molecule has 6 N–H and O–H groups in total. The Bertz CT molecular complexity index is 1390. The number of anilines is 1. The zero-order chi connectivity index (χ0) is 28.9. The van der Waals surface area contributed by atoms with Crippen LogP contribution in [-0.4, -0.2) is 29.2 Å². The highest BCUT2D eigenvalue weighted by Crippen LogP contribution is 2.44. The van der Waals surface area contributed by atoms with Crippen molar-refractivity contribution in [2.24, 2.45) is 16.5 Å². The molecular weight excluding hydrogens is 540 g/mol. The number of rotatable bonds is 10. The lowest BCUT2D eigenvalue weighted by Gasteiger charge is -2.38. The number of guanidine groups is 1.